The van der Waals surface area contributed by atoms with Crippen molar-refractivity contribution < 1.29 is 23.7 Å². The maximum Gasteiger partial charge on any atom is 0.262 e. The molecule has 1 aliphatic heterocycles. The summed E-state index contributed by atoms with van der Waals surface area (Å²) in [5, 5.41) is 13.3. The van der Waals surface area contributed by atoms with Crippen molar-refractivity contribution in [1.82, 2.24) is 5.32 Å². The number of carbonyl (C=O) groups is 1. The molecule has 0 saturated carbocycles. The number of nitrogens with zero attached hydrogens (tertiary/aromatic N) is 1. The lowest BCUT2D eigenvalue weighted by Crippen LogP contribution is -2.23. The van der Waals surface area contributed by atoms with Gasteiger partial charge in [-0.3, -0.25) is 4.79 Å². The summed E-state index contributed by atoms with van der Waals surface area (Å²) >= 11 is 12.1. The maximum absolute atomic E-state index is 12.6. The van der Waals surface area contributed by atoms with Crippen molar-refractivity contribution in [2.45, 2.75) is 13.2 Å². The fourth-order valence-electron chi connectivity index (χ4n) is 3.33. The second-order valence-electron chi connectivity index (χ2n) is 7.47. The van der Waals surface area contributed by atoms with Gasteiger partial charge in [0.25, 0.3) is 5.91 Å². The van der Waals surface area contributed by atoms with Crippen molar-refractivity contribution in [2.24, 2.45) is 0 Å². The highest BCUT2D eigenvalue weighted by atomic mass is 35.5. The molecule has 7 nitrogen and oxygen atoms in total. The van der Waals surface area contributed by atoms with E-state index in [-0.39, 0.29) is 25.5 Å². The number of methoxy groups -OCH3 is 1. The first kappa shape index (κ1) is 24.3. The molecule has 0 aromatic heterocycles. The van der Waals surface area contributed by atoms with E-state index in [9.17, 15) is 10.1 Å². The van der Waals surface area contributed by atoms with Crippen LogP contribution in [0.3, 0.4) is 0 Å². The molecule has 0 spiro atoms. The SMILES string of the molecule is COc1cc(/C=C(\C#N)C(=O)NCc2ccc3c(c2)OCO3)ccc1OCc1ccc(Cl)cc1Cl. The second-order valence-corrected chi connectivity index (χ2v) is 8.32. The van der Waals surface area contributed by atoms with Gasteiger partial charge in [0.05, 0.1) is 7.11 Å². The van der Waals surface area contributed by atoms with Crippen LogP contribution in [0.15, 0.2) is 60.2 Å². The van der Waals surface area contributed by atoms with Crippen molar-refractivity contribution in [1.29, 1.82) is 5.26 Å². The molecule has 1 aliphatic rings. The Kier molecular flexibility index (Phi) is 7.66. The molecule has 1 amide bonds. The summed E-state index contributed by atoms with van der Waals surface area (Å²) < 4.78 is 21.9. The first-order valence-electron chi connectivity index (χ1n) is 10.5. The molecule has 4 rings (SSSR count). The van der Waals surface area contributed by atoms with Gasteiger partial charge in [-0.15, -0.1) is 0 Å². The van der Waals surface area contributed by atoms with E-state index in [1.165, 1.54) is 13.2 Å². The zero-order chi connectivity index (χ0) is 24.8. The molecule has 0 unspecified atom stereocenters. The van der Waals surface area contributed by atoms with Crippen LogP contribution >= 0.6 is 23.2 Å². The van der Waals surface area contributed by atoms with Crippen molar-refractivity contribution in [3.05, 3.63) is 86.9 Å². The number of fused-ring (bicyclic) bond motifs is 1. The molecule has 35 heavy (non-hydrogen) atoms. The Bertz CT molecular complexity index is 1330. The zero-order valence-electron chi connectivity index (χ0n) is 18.6. The first-order chi connectivity index (χ1) is 17.0. The van der Waals surface area contributed by atoms with Crippen LogP contribution in [0.1, 0.15) is 16.7 Å². The standard InChI is InChI=1S/C26H20Cl2N2O5/c1-32-24-9-16(2-6-22(24)33-14-18-4-5-20(27)11-21(18)28)8-19(12-29)26(31)30-13-17-3-7-23-25(10-17)35-15-34-23/h2-11H,13-15H2,1H3,(H,30,31)/b19-8+. The van der Waals surface area contributed by atoms with Crippen molar-refractivity contribution in [2.75, 3.05) is 13.9 Å². The Morgan fingerprint density at radius 1 is 1.09 bits per heavy atom. The Morgan fingerprint density at radius 3 is 2.69 bits per heavy atom. The van der Waals surface area contributed by atoms with Gasteiger partial charge in [0.2, 0.25) is 6.79 Å². The summed E-state index contributed by atoms with van der Waals surface area (Å²) in [7, 11) is 1.51. The average molecular weight is 511 g/mol. The minimum Gasteiger partial charge on any atom is -0.493 e. The summed E-state index contributed by atoms with van der Waals surface area (Å²) in [6.45, 7) is 0.625. The van der Waals surface area contributed by atoms with Crippen molar-refractivity contribution in [3.8, 4) is 29.1 Å². The number of hydrogen-bond acceptors (Lipinski definition) is 6. The van der Waals surface area contributed by atoms with Gasteiger partial charge in [0.15, 0.2) is 23.0 Å². The number of amides is 1. The lowest BCUT2D eigenvalue weighted by Gasteiger charge is -2.12. The van der Waals surface area contributed by atoms with E-state index in [0.717, 1.165) is 11.1 Å². The van der Waals surface area contributed by atoms with Gasteiger partial charge in [-0.25, -0.2) is 0 Å². The molecule has 1 heterocycles. The number of halogens is 2. The monoisotopic (exact) mass is 510 g/mol. The molecule has 0 aliphatic carbocycles. The van der Waals surface area contributed by atoms with Crippen LogP contribution in [0.2, 0.25) is 10.0 Å². The smallest absolute Gasteiger partial charge is 0.262 e. The molecular weight excluding hydrogens is 491 g/mol. The lowest BCUT2D eigenvalue weighted by atomic mass is 10.1. The van der Waals surface area contributed by atoms with Crippen LogP contribution in [0.5, 0.6) is 23.0 Å². The van der Waals surface area contributed by atoms with E-state index in [0.29, 0.717) is 38.6 Å². The topological polar surface area (TPSA) is 89.8 Å². The quantitative estimate of drug-likeness (QED) is 0.316. The van der Waals surface area contributed by atoms with Crippen LogP contribution in [0, 0.1) is 11.3 Å². The zero-order valence-corrected chi connectivity index (χ0v) is 20.2. The molecule has 0 bridgehead atoms. The summed E-state index contributed by atoms with van der Waals surface area (Å²) in [5.41, 5.74) is 2.15. The largest absolute Gasteiger partial charge is 0.493 e. The van der Waals surface area contributed by atoms with Gasteiger partial charge >= 0.3 is 0 Å². The first-order valence-corrected chi connectivity index (χ1v) is 11.3. The van der Waals surface area contributed by atoms with E-state index in [2.05, 4.69) is 5.32 Å². The Balaban J connectivity index is 1.42. The molecule has 0 saturated heterocycles. The van der Waals surface area contributed by atoms with Crippen LogP contribution in [-0.2, 0) is 17.9 Å². The van der Waals surface area contributed by atoms with Gasteiger partial charge in [0.1, 0.15) is 18.2 Å². The van der Waals surface area contributed by atoms with Crippen molar-refractivity contribution in [3.63, 3.8) is 0 Å². The molecule has 1 N–H and O–H groups in total. The maximum atomic E-state index is 12.6. The normalized spacial score (nSPS) is 12.1. The van der Waals surface area contributed by atoms with Crippen LogP contribution < -0.4 is 24.3 Å². The number of carbonyl (C=O) groups excluding carboxylic acids is 1. The highest BCUT2D eigenvalue weighted by Crippen LogP contribution is 2.33. The molecule has 3 aromatic carbocycles. The fourth-order valence-corrected chi connectivity index (χ4v) is 3.79. The van der Waals surface area contributed by atoms with Gasteiger partial charge in [-0.2, -0.15) is 5.26 Å². The van der Waals surface area contributed by atoms with E-state index in [1.807, 2.05) is 12.1 Å². The van der Waals surface area contributed by atoms with E-state index < -0.39 is 5.91 Å². The minimum atomic E-state index is -0.498. The third kappa shape index (κ3) is 5.99. The summed E-state index contributed by atoms with van der Waals surface area (Å²) in [5.74, 6) is 1.72. The third-order valence-electron chi connectivity index (χ3n) is 5.15. The minimum absolute atomic E-state index is 0.0468. The number of hydrogen-bond donors (Lipinski definition) is 1. The van der Waals surface area contributed by atoms with Gasteiger partial charge < -0.3 is 24.3 Å². The summed E-state index contributed by atoms with van der Waals surface area (Å²) in [4.78, 5) is 12.6. The predicted molar refractivity (Wildman–Crippen MR) is 132 cm³/mol. The average Bonchev–Trinajstić information content (AvgIpc) is 3.33. The van der Waals surface area contributed by atoms with Crippen LogP contribution in [0.4, 0.5) is 0 Å². The third-order valence-corrected chi connectivity index (χ3v) is 5.74. The number of nitriles is 1. The van der Waals surface area contributed by atoms with Crippen LogP contribution in [-0.4, -0.2) is 19.8 Å². The number of nitrogens with one attached hydrogen (secondary N) is 1. The summed E-state index contributed by atoms with van der Waals surface area (Å²) in [6, 6.07) is 17.6. The second kappa shape index (κ2) is 11.0. The predicted octanol–water partition coefficient (Wildman–Crippen LogP) is 5.53. The molecular formula is C26H20Cl2N2O5. The van der Waals surface area contributed by atoms with Crippen LogP contribution in [0.25, 0.3) is 6.08 Å². The highest BCUT2D eigenvalue weighted by molar-refractivity contribution is 6.35. The lowest BCUT2D eigenvalue weighted by molar-refractivity contribution is -0.117. The van der Waals surface area contributed by atoms with E-state index in [4.69, 9.17) is 42.1 Å². The molecule has 9 heteroatoms. The Labute approximate surface area is 212 Å². The fraction of sp³-hybridized carbons (Fsp3) is 0.154. The van der Waals surface area contributed by atoms with Gasteiger partial charge in [0, 0.05) is 22.2 Å². The number of rotatable bonds is 8. The van der Waals surface area contributed by atoms with Crippen molar-refractivity contribution >= 4 is 35.2 Å². The highest BCUT2D eigenvalue weighted by Gasteiger charge is 2.15. The van der Waals surface area contributed by atoms with Gasteiger partial charge in [-0.1, -0.05) is 41.4 Å². The summed E-state index contributed by atoms with van der Waals surface area (Å²) in [6.07, 6.45) is 1.48. The number of benzene rings is 3. The van der Waals surface area contributed by atoms with E-state index in [1.54, 1.807) is 48.5 Å². The Hall–Kier alpha value is -3.86. The molecule has 178 valence electrons. The van der Waals surface area contributed by atoms with E-state index >= 15 is 0 Å². The number of ether oxygens (including phenoxy) is 4. The molecule has 0 fully saturated rings. The molecule has 0 radical (unpaired) electrons. The van der Waals surface area contributed by atoms with Gasteiger partial charge in [-0.05, 0) is 53.6 Å². The molecule has 0 atom stereocenters. The Morgan fingerprint density at radius 2 is 1.91 bits per heavy atom. The molecule has 3 aromatic rings.